The van der Waals surface area contributed by atoms with Gasteiger partial charge in [-0.05, 0) is 6.92 Å². The van der Waals surface area contributed by atoms with E-state index in [-0.39, 0.29) is 19.0 Å². The Balaban J connectivity index is 0. The second-order valence-electron chi connectivity index (χ2n) is 3.15. The SMILES string of the molecule is CC(CO)[N+](C)(C)C.[Cl-]. The minimum atomic E-state index is 0. The molecule has 0 radical (unpaired) electrons. The van der Waals surface area contributed by atoms with E-state index in [2.05, 4.69) is 21.1 Å². The average molecular weight is 154 g/mol. The summed E-state index contributed by atoms with van der Waals surface area (Å²) in [6, 6.07) is 0.343. The van der Waals surface area contributed by atoms with Crippen molar-refractivity contribution in [2.45, 2.75) is 13.0 Å². The maximum absolute atomic E-state index is 8.65. The summed E-state index contributed by atoms with van der Waals surface area (Å²) in [5.74, 6) is 0. The van der Waals surface area contributed by atoms with E-state index in [1.165, 1.54) is 0 Å². The predicted octanol–water partition coefficient (Wildman–Crippen LogP) is -2.92. The molecule has 0 saturated heterocycles. The van der Waals surface area contributed by atoms with E-state index in [4.69, 9.17) is 5.11 Å². The van der Waals surface area contributed by atoms with Crippen LogP contribution >= 0.6 is 0 Å². The van der Waals surface area contributed by atoms with Crippen LogP contribution in [-0.2, 0) is 0 Å². The topological polar surface area (TPSA) is 20.2 Å². The molecule has 0 spiro atoms. The van der Waals surface area contributed by atoms with Crippen molar-refractivity contribution < 1.29 is 22.0 Å². The number of aliphatic hydroxyl groups excluding tert-OH is 1. The number of hydrogen-bond acceptors (Lipinski definition) is 1. The molecule has 0 amide bonds. The van der Waals surface area contributed by atoms with Crippen LogP contribution in [0.15, 0.2) is 0 Å². The zero-order chi connectivity index (χ0) is 6.78. The largest absolute Gasteiger partial charge is 1.00 e. The smallest absolute Gasteiger partial charge is 0.109 e. The van der Waals surface area contributed by atoms with Crippen molar-refractivity contribution in [2.75, 3.05) is 27.7 Å². The molecular formula is C6H16ClNO. The number of aliphatic hydroxyl groups is 1. The van der Waals surface area contributed by atoms with Crippen LogP contribution in [0.2, 0.25) is 0 Å². The van der Waals surface area contributed by atoms with E-state index in [0.29, 0.717) is 6.04 Å². The maximum atomic E-state index is 8.65. The lowest BCUT2D eigenvalue weighted by molar-refractivity contribution is -0.894. The second-order valence-corrected chi connectivity index (χ2v) is 3.15. The molecule has 1 unspecified atom stereocenters. The number of quaternary nitrogens is 1. The summed E-state index contributed by atoms with van der Waals surface area (Å²) in [6.07, 6.45) is 0. The first-order valence-corrected chi connectivity index (χ1v) is 2.90. The van der Waals surface area contributed by atoms with Gasteiger partial charge >= 0.3 is 0 Å². The lowest BCUT2D eigenvalue weighted by Gasteiger charge is -2.29. The van der Waals surface area contributed by atoms with Crippen molar-refractivity contribution in [3.05, 3.63) is 0 Å². The first-order chi connectivity index (χ1) is 3.48. The highest BCUT2D eigenvalue weighted by atomic mass is 35.5. The molecule has 0 rings (SSSR count). The molecule has 0 aromatic carbocycles. The third kappa shape index (κ3) is 4.70. The average Bonchev–Trinajstić information content (AvgIpc) is 1.62. The van der Waals surface area contributed by atoms with Gasteiger partial charge in [-0.25, -0.2) is 0 Å². The summed E-state index contributed by atoms with van der Waals surface area (Å²) >= 11 is 0. The first kappa shape index (κ1) is 11.9. The van der Waals surface area contributed by atoms with Crippen molar-refractivity contribution in [1.82, 2.24) is 0 Å². The zero-order valence-corrected chi connectivity index (χ0v) is 7.31. The van der Waals surface area contributed by atoms with Gasteiger partial charge in [-0.15, -0.1) is 0 Å². The maximum Gasteiger partial charge on any atom is 0.109 e. The van der Waals surface area contributed by atoms with Gasteiger partial charge in [0.05, 0.1) is 27.7 Å². The number of nitrogens with zero attached hydrogens (tertiary/aromatic N) is 1. The van der Waals surface area contributed by atoms with E-state index >= 15 is 0 Å². The highest BCUT2D eigenvalue weighted by molar-refractivity contribution is 4.41. The quantitative estimate of drug-likeness (QED) is 0.422. The Kier molecular flexibility index (Phi) is 5.43. The molecule has 3 heteroatoms. The summed E-state index contributed by atoms with van der Waals surface area (Å²) in [5.41, 5.74) is 0. The molecule has 0 aromatic heterocycles. The lowest BCUT2D eigenvalue weighted by Crippen LogP contribution is -3.00. The van der Waals surface area contributed by atoms with E-state index in [9.17, 15) is 0 Å². The summed E-state index contributed by atoms with van der Waals surface area (Å²) in [6.45, 7) is 2.30. The number of hydrogen-bond donors (Lipinski definition) is 1. The Hall–Kier alpha value is 0.210. The van der Waals surface area contributed by atoms with Gasteiger partial charge in [0, 0.05) is 0 Å². The van der Waals surface area contributed by atoms with Crippen molar-refractivity contribution in [3.8, 4) is 0 Å². The molecule has 0 aromatic rings. The Bertz CT molecular complexity index is 69.9. The van der Waals surface area contributed by atoms with Crippen LogP contribution in [0.3, 0.4) is 0 Å². The van der Waals surface area contributed by atoms with E-state index in [1.807, 2.05) is 6.92 Å². The molecule has 0 fully saturated rings. The molecule has 0 bridgehead atoms. The Morgan fingerprint density at radius 2 is 1.67 bits per heavy atom. The van der Waals surface area contributed by atoms with Gasteiger partial charge in [0.15, 0.2) is 0 Å². The van der Waals surface area contributed by atoms with Gasteiger partial charge in [0.25, 0.3) is 0 Å². The van der Waals surface area contributed by atoms with Crippen LogP contribution in [0.4, 0.5) is 0 Å². The molecule has 2 nitrogen and oxygen atoms in total. The summed E-state index contributed by atoms with van der Waals surface area (Å²) in [7, 11) is 6.21. The Morgan fingerprint density at radius 1 is 1.33 bits per heavy atom. The van der Waals surface area contributed by atoms with Crippen molar-refractivity contribution in [1.29, 1.82) is 0 Å². The third-order valence-electron chi connectivity index (χ3n) is 1.59. The Morgan fingerprint density at radius 3 is 1.67 bits per heavy atom. The monoisotopic (exact) mass is 153 g/mol. The van der Waals surface area contributed by atoms with Gasteiger partial charge in [-0.3, -0.25) is 0 Å². The summed E-state index contributed by atoms with van der Waals surface area (Å²) in [4.78, 5) is 0. The third-order valence-corrected chi connectivity index (χ3v) is 1.59. The van der Waals surface area contributed by atoms with Crippen LogP contribution in [-0.4, -0.2) is 43.4 Å². The van der Waals surface area contributed by atoms with Gasteiger partial charge in [0.2, 0.25) is 0 Å². The highest BCUT2D eigenvalue weighted by Crippen LogP contribution is 1.98. The fourth-order valence-corrected chi connectivity index (χ4v) is 0.245. The molecule has 0 aliphatic rings. The molecule has 1 N–H and O–H groups in total. The minimum absolute atomic E-state index is 0. The standard InChI is InChI=1S/C6H16NO.ClH/c1-6(5-8)7(2,3)4;/h6,8H,5H2,1-4H3;1H/q+1;/p-1. The molecule has 0 heterocycles. The van der Waals surface area contributed by atoms with Crippen LogP contribution in [0.25, 0.3) is 0 Å². The number of rotatable bonds is 2. The molecule has 0 saturated carbocycles. The molecule has 1 atom stereocenters. The number of likely N-dealkylation sites (N-methyl/N-ethyl adjacent to an activating group) is 1. The van der Waals surface area contributed by atoms with Crippen molar-refractivity contribution in [3.63, 3.8) is 0 Å². The number of halogens is 1. The van der Waals surface area contributed by atoms with E-state index in [0.717, 1.165) is 4.48 Å². The van der Waals surface area contributed by atoms with Gasteiger partial charge in [-0.2, -0.15) is 0 Å². The van der Waals surface area contributed by atoms with Gasteiger partial charge < -0.3 is 22.0 Å². The predicted molar refractivity (Wildman–Crippen MR) is 34.6 cm³/mol. The first-order valence-electron chi connectivity index (χ1n) is 2.90. The highest BCUT2D eigenvalue weighted by Gasteiger charge is 2.15. The lowest BCUT2D eigenvalue weighted by atomic mass is 10.3. The van der Waals surface area contributed by atoms with Gasteiger partial charge in [0.1, 0.15) is 6.04 Å². The fraction of sp³-hybridized carbons (Fsp3) is 1.00. The molecule has 58 valence electrons. The van der Waals surface area contributed by atoms with Crippen LogP contribution in [0, 0.1) is 0 Å². The van der Waals surface area contributed by atoms with Crippen molar-refractivity contribution >= 4 is 0 Å². The van der Waals surface area contributed by atoms with E-state index < -0.39 is 0 Å². The Labute approximate surface area is 63.5 Å². The van der Waals surface area contributed by atoms with Crippen LogP contribution in [0.1, 0.15) is 6.92 Å². The minimum Gasteiger partial charge on any atom is -1.00 e. The zero-order valence-electron chi connectivity index (χ0n) is 6.56. The fourth-order valence-electron chi connectivity index (χ4n) is 0.245. The molecule has 9 heavy (non-hydrogen) atoms. The van der Waals surface area contributed by atoms with Crippen LogP contribution in [0.5, 0.6) is 0 Å². The second kappa shape index (κ2) is 4.09. The molecule has 0 aliphatic heterocycles. The molecule has 0 aliphatic carbocycles. The van der Waals surface area contributed by atoms with Crippen molar-refractivity contribution in [2.24, 2.45) is 0 Å². The van der Waals surface area contributed by atoms with E-state index in [1.54, 1.807) is 0 Å². The molecular weight excluding hydrogens is 138 g/mol. The van der Waals surface area contributed by atoms with Gasteiger partial charge in [-0.1, -0.05) is 0 Å². The van der Waals surface area contributed by atoms with Crippen LogP contribution < -0.4 is 12.4 Å². The normalized spacial score (nSPS) is 14.3. The summed E-state index contributed by atoms with van der Waals surface area (Å²) < 4.78 is 0.830. The summed E-state index contributed by atoms with van der Waals surface area (Å²) in [5, 5.41) is 8.65.